The maximum absolute atomic E-state index is 12.2. The molecule has 2 heterocycles. The number of hydrogen-bond acceptors (Lipinski definition) is 3. The van der Waals surface area contributed by atoms with Gasteiger partial charge in [-0.1, -0.05) is 6.92 Å². The highest BCUT2D eigenvalue weighted by atomic mass is 35.5. The molecule has 4 nitrogen and oxygen atoms in total. The molecule has 1 amide bonds. The number of alkyl halides is 1. The van der Waals surface area contributed by atoms with Gasteiger partial charge in [0.2, 0.25) is 0 Å². The lowest BCUT2D eigenvalue weighted by atomic mass is 10.0. The topological polar surface area (TPSA) is 38.8 Å². The SMILES string of the molecule is CC1CCN(C(=O)C2COCCO2)C1CCl. The van der Waals surface area contributed by atoms with Gasteiger partial charge >= 0.3 is 0 Å². The van der Waals surface area contributed by atoms with Crippen LogP contribution in [0.4, 0.5) is 0 Å². The average molecular weight is 248 g/mol. The smallest absolute Gasteiger partial charge is 0.254 e. The van der Waals surface area contributed by atoms with Gasteiger partial charge in [0.05, 0.1) is 19.8 Å². The second-order valence-corrected chi connectivity index (χ2v) is 4.76. The quantitative estimate of drug-likeness (QED) is 0.680. The summed E-state index contributed by atoms with van der Waals surface area (Å²) < 4.78 is 10.7. The Morgan fingerprint density at radius 3 is 2.94 bits per heavy atom. The first-order chi connectivity index (χ1) is 7.74. The Morgan fingerprint density at radius 2 is 2.31 bits per heavy atom. The molecule has 0 spiro atoms. The van der Waals surface area contributed by atoms with E-state index >= 15 is 0 Å². The summed E-state index contributed by atoms with van der Waals surface area (Å²) in [5.41, 5.74) is 0. The molecule has 2 saturated heterocycles. The third kappa shape index (κ3) is 2.34. The minimum absolute atomic E-state index is 0.0368. The van der Waals surface area contributed by atoms with E-state index in [1.165, 1.54) is 0 Å². The maximum Gasteiger partial charge on any atom is 0.254 e. The Morgan fingerprint density at radius 1 is 1.50 bits per heavy atom. The molecule has 2 aliphatic rings. The Balaban J connectivity index is 1.97. The van der Waals surface area contributed by atoms with E-state index in [1.54, 1.807) is 0 Å². The van der Waals surface area contributed by atoms with Gasteiger partial charge in [-0.25, -0.2) is 0 Å². The van der Waals surface area contributed by atoms with Crippen LogP contribution in [0, 0.1) is 5.92 Å². The summed E-state index contributed by atoms with van der Waals surface area (Å²) in [7, 11) is 0. The molecule has 0 N–H and O–H groups in total. The fraction of sp³-hybridized carbons (Fsp3) is 0.909. The second-order valence-electron chi connectivity index (χ2n) is 4.45. The number of halogens is 1. The molecule has 0 saturated carbocycles. The van der Waals surface area contributed by atoms with Crippen LogP contribution in [-0.4, -0.2) is 55.2 Å². The van der Waals surface area contributed by atoms with E-state index in [-0.39, 0.29) is 11.9 Å². The van der Waals surface area contributed by atoms with Crippen LogP contribution in [0.25, 0.3) is 0 Å². The minimum atomic E-state index is -0.426. The largest absolute Gasteiger partial charge is 0.376 e. The number of nitrogens with zero attached hydrogens (tertiary/aromatic N) is 1. The molecule has 16 heavy (non-hydrogen) atoms. The number of rotatable bonds is 2. The van der Waals surface area contributed by atoms with Crippen LogP contribution in [0.1, 0.15) is 13.3 Å². The van der Waals surface area contributed by atoms with Crippen LogP contribution in [0.15, 0.2) is 0 Å². The molecular formula is C11H18ClNO3. The van der Waals surface area contributed by atoms with E-state index < -0.39 is 6.10 Å². The predicted octanol–water partition coefficient (Wildman–Crippen LogP) is 0.878. The van der Waals surface area contributed by atoms with Crippen LogP contribution in [-0.2, 0) is 14.3 Å². The summed E-state index contributed by atoms with van der Waals surface area (Å²) in [6, 6.07) is 0.152. The summed E-state index contributed by atoms with van der Waals surface area (Å²) in [4.78, 5) is 14.0. The van der Waals surface area contributed by atoms with E-state index in [4.69, 9.17) is 21.1 Å². The maximum atomic E-state index is 12.2. The molecular weight excluding hydrogens is 230 g/mol. The Bertz CT molecular complexity index is 256. The standard InChI is InChI=1S/C11H18ClNO3/c1-8-2-3-13(9(8)6-12)11(14)10-7-15-4-5-16-10/h8-10H,2-7H2,1H3. The van der Waals surface area contributed by atoms with Crippen LogP contribution in [0.3, 0.4) is 0 Å². The summed E-state index contributed by atoms with van der Waals surface area (Å²) in [6.07, 6.45) is 0.598. The molecule has 0 aromatic carbocycles. The predicted molar refractivity (Wildman–Crippen MR) is 60.6 cm³/mol. The van der Waals surface area contributed by atoms with Crippen LogP contribution in [0.2, 0.25) is 0 Å². The number of amides is 1. The Kier molecular flexibility index (Phi) is 4.05. The van der Waals surface area contributed by atoms with Crippen LogP contribution in [0.5, 0.6) is 0 Å². The van der Waals surface area contributed by atoms with Crippen molar-refractivity contribution in [1.29, 1.82) is 0 Å². The highest BCUT2D eigenvalue weighted by Crippen LogP contribution is 2.26. The molecule has 0 bridgehead atoms. The van der Waals surface area contributed by atoms with E-state index in [0.29, 0.717) is 31.6 Å². The third-order valence-corrected chi connectivity index (χ3v) is 3.73. The number of carbonyl (C=O) groups is 1. The second kappa shape index (κ2) is 5.34. The van der Waals surface area contributed by atoms with Crippen molar-refractivity contribution in [1.82, 2.24) is 4.90 Å². The molecule has 3 atom stereocenters. The van der Waals surface area contributed by atoms with Crippen molar-refractivity contribution in [2.45, 2.75) is 25.5 Å². The lowest BCUT2D eigenvalue weighted by Gasteiger charge is -2.30. The van der Waals surface area contributed by atoms with E-state index in [1.807, 2.05) is 4.90 Å². The minimum Gasteiger partial charge on any atom is -0.376 e. The van der Waals surface area contributed by atoms with Crippen molar-refractivity contribution in [3.05, 3.63) is 0 Å². The van der Waals surface area contributed by atoms with E-state index in [2.05, 4.69) is 6.92 Å². The van der Waals surface area contributed by atoms with Gasteiger partial charge in [-0.05, 0) is 12.3 Å². The first kappa shape index (κ1) is 12.1. The summed E-state index contributed by atoms with van der Waals surface area (Å²) in [5.74, 6) is 1.01. The van der Waals surface area contributed by atoms with Crippen molar-refractivity contribution >= 4 is 17.5 Å². The normalized spacial score (nSPS) is 35.4. The highest BCUT2D eigenvalue weighted by Gasteiger charge is 2.37. The summed E-state index contributed by atoms with van der Waals surface area (Å²) in [5, 5.41) is 0. The molecule has 0 aromatic rings. The number of carbonyl (C=O) groups excluding carboxylic acids is 1. The van der Waals surface area contributed by atoms with Gasteiger partial charge in [0.25, 0.3) is 5.91 Å². The number of ether oxygens (including phenoxy) is 2. The highest BCUT2D eigenvalue weighted by molar-refractivity contribution is 6.18. The molecule has 0 aromatic heterocycles. The lowest BCUT2D eigenvalue weighted by molar-refractivity contribution is -0.158. The molecule has 5 heteroatoms. The van der Waals surface area contributed by atoms with Crippen LogP contribution < -0.4 is 0 Å². The van der Waals surface area contributed by atoms with Crippen molar-refractivity contribution in [2.24, 2.45) is 5.92 Å². The van der Waals surface area contributed by atoms with Crippen molar-refractivity contribution < 1.29 is 14.3 Å². The molecule has 3 unspecified atom stereocenters. The van der Waals surface area contributed by atoms with Crippen molar-refractivity contribution in [3.8, 4) is 0 Å². The van der Waals surface area contributed by atoms with Gasteiger partial charge in [0.15, 0.2) is 6.10 Å². The van der Waals surface area contributed by atoms with Gasteiger partial charge < -0.3 is 14.4 Å². The summed E-state index contributed by atoms with van der Waals surface area (Å²) >= 11 is 5.91. The fourth-order valence-corrected chi connectivity index (χ4v) is 2.80. The third-order valence-electron chi connectivity index (χ3n) is 3.42. The molecule has 0 radical (unpaired) electrons. The molecule has 2 fully saturated rings. The number of hydrogen-bond donors (Lipinski definition) is 0. The monoisotopic (exact) mass is 247 g/mol. The Labute approximate surface area is 101 Å². The van der Waals surface area contributed by atoms with Gasteiger partial charge in [-0.15, -0.1) is 11.6 Å². The van der Waals surface area contributed by atoms with Crippen molar-refractivity contribution in [3.63, 3.8) is 0 Å². The zero-order chi connectivity index (χ0) is 11.5. The van der Waals surface area contributed by atoms with Gasteiger partial charge in [-0.2, -0.15) is 0 Å². The van der Waals surface area contributed by atoms with E-state index in [0.717, 1.165) is 13.0 Å². The molecule has 2 aliphatic heterocycles. The van der Waals surface area contributed by atoms with Gasteiger partial charge in [-0.3, -0.25) is 4.79 Å². The fourth-order valence-electron chi connectivity index (χ4n) is 2.33. The zero-order valence-electron chi connectivity index (χ0n) is 9.52. The first-order valence-electron chi connectivity index (χ1n) is 5.80. The van der Waals surface area contributed by atoms with E-state index in [9.17, 15) is 4.79 Å². The zero-order valence-corrected chi connectivity index (χ0v) is 10.3. The molecule has 2 rings (SSSR count). The first-order valence-corrected chi connectivity index (χ1v) is 6.33. The average Bonchev–Trinajstić information content (AvgIpc) is 2.70. The van der Waals surface area contributed by atoms with Crippen molar-refractivity contribution in [2.75, 3.05) is 32.2 Å². The lowest BCUT2D eigenvalue weighted by Crippen LogP contribution is -2.48. The Hall–Kier alpha value is -0.320. The summed E-state index contributed by atoms with van der Waals surface area (Å²) in [6.45, 7) is 4.39. The van der Waals surface area contributed by atoms with Gasteiger partial charge in [0, 0.05) is 18.5 Å². The van der Waals surface area contributed by atoms with Gasteiger partial charge in [0.1, 0.15) is 0 Å². The number of likely N-dealkylation sites (tertiary alicyclic amines) is 1. The molecule has 0 aliphatic carbocycles. The molecule has 92 valence electrons. The van der Waals surface area contributed by atoms with Crippen LogP contribution >= 0.6 is 11.6 Å².